The lowest BCUT2D eigenvalue weighted by Gasteiger charge is -2.24. The number of nitrogens with one attached hydrogen (secondary N) is 4. The van der Waals surface area contributed by atoms with Gasteiger partial charge in [0.05, 0.1) is 12.7 Å². The average molecular weight is 883 g/mol. The first-order valence-corrected chi connectivity index (χ1v) is 22.5. The van der Waals surface area contributed by atoms with Crippen LogP contribution in [0.5, 0.6) is 0 Å². The van der Waals surface area contributed by atoms with Crippen molar-refractivity contribution in [2.75, 3.05) is 26.2 Å². The molecule has 0 aliphatic carbocycles. The van der Waals surface area contributed by atoms with E-state index in [2.05, 4.69) is 30.6 Å². The number of benzene rings is 2. The number of esters is 2. The molecule has 16 nitrogen and oxygen atoms in total. The molecule has 16 heteroatoms. The molecule has 0 fully saturated rings. The van der Waals surface area contributed by atoms with Crippen LogP contribution in [-0.2, 0) is 32.3 Å². The first-order chi connectivity index (χ1) is 30.9. The van der Waals surface area contributed by atoms with Gasteiger partial charge in [0.15, 0.2) is 11.4 Å². The van der Waals surface area contributed by atoms with Crippen LogP contribution in [0.1, 0.15) is 146 Å². The fourth-order valence-electron chi connectivity index (χ4n) is 6.91. The summed E-state index contributed by atoms with van der Waals surface area (Å²) in [5, 5.41) is 5.47. The molecule has 4 N–H and O–H groups in total. The molecule has 0 bridgehead atoms. The number of hydrogen-bond acceptors (Lipinski definition) is 10. The van der Waals surface area contributed by atoms with Crippen LogP contribution in [0.3, 0.4) is 0 Å². The van der Waals surface area contributed by atoms with Crippen molar-refractivity contribution in [1.29, 1.82) is 0 Å². The van der Waals surface area contributed by atoms with Gasteiger partial charge in [-0.2, -0.15) is 0 Å². The summed E-state index contributed by atoms with van der Waals surface area (Å²) in [4.78, 5) is 98.4. The van der Waals surface area contributed by atoms with Crippen molar-refractivity contribution >= 4 is 35.6 Å². The molecule has 2 unspecified atom stereocenters. The Morgan fingerprint density at radius 3 is 1.25 bits per heavy atom. The van der Waals surface area contributed by atoms with Gasteiger partial charge in [0.2, 0.25) is 0 Å². The van der Waals surface area contributed by atoms with Gasteiger partial charge in [-0.3, -0.25) is 19.2 Å². The molecule has 2 aromatic carbocycles. The molecular formula is C48H66N8O8. The van der Waals surface area contributed by atoms with Gasteiger partial charge in [0.25, 0.3) is 23.6 Å². The van der Waals surface area contributed by atoms with Crippen molar-refractivity contribution in [3.63, 3.8) is 0 Å². The highest BCUT2D eigenvalue weighted by Gasteiger charge is 2.32. The number of nitrogens with zero attached hydrogens (tertiary/aromatic N) is 4. The first-order valence-electron chi connectivity index (χ1n) is 22.5. The number of hydrogen-bond donors (Lipinski definition) is 4. The summed E-state index contributed by atoms with van der Waals surface area (Å²) < 4.78 is 11.0. The van der Waals surface area contributed by atoms with E-state index in [1.54, 1.807) is 37.5 Å². The van der Waals surface area contributed by atoms with Crippen molar-refractivity contribution < 1.29 is 38.2 Å². The van der Waals surface area contributed by atoms with E-state index in [9.17, 15) is 28.8 Å². The topological polar surface area (TPSA) is 209 Å². The van der Waals surface area contributed by atoms with Crippen molar-refractivity contribution in [2.45, 2.75) is 118 Å². The summed E-state index contributed by atoms with van der Waals surface area (Å²) >= 11 is 0. The fraction of sp³-hybridized carbons (Fsp3) is 0.500. The van der Waals surface area contributed by atoms with Crippen LogP contribution in [-0.4, -0.2) is 104 Å². The van der Waals surface area contributed by atoms with Gasteiger partial charge in [-0.1, -0.05) is 128 Å². The number of aromatic amines is 2. The lowest BCUT2D eigenvalue weighted by atomic mass is 10.0. The molecule has 0 saturated carbocycles. The van der Waals surface area contributed by atoms with E-state index in [1.165, 1.54) is 12.7 Å². The molecule has 0 spiro atoms. The molecular weight excluding hydrogens is 817 g/mol. The maximum atomic E-state index is 13.9. The van der Waals surface area contributed by atoms with Crippen LogP contribution >= 0.6 is 0 Å². The second kappa shape index (κ2) is 26.3. The Hall–Kier alpha value is -6.32. The number of unbranched alkanes of at least 4 members (excludes halogenated alkanes) is 5. The highest BCUT2D eigenvalue weighted by Crippen LogP contribution is 2.16. The van der Waals surface area contributed by atoms with Crippen LogP contribution in [0.25, 0.3) is 0 Å². The number of rotatable bonds is 27. The lowest BCUT2D eigenvalue weighted by molar-refractivity contribution is -0.149. The SMILES string of the molecule is CCCCN(CCCCCCN(CCCC)C(=O)c1[nH]cnc1C(=O)NC(C(=O)OCc1ccccc1)C(C)C)C(=O)c1[nH]cnc1C(=O)NC(C(=O)OCc1ccccc1)C(C)C. The molecule has 2 heterocycles. The van der Waals surface area contributed by atoms with Crippen LogP contribution in [0.15, 0.2) is 73.3 Å². The van der Waals surface area contributed by atoms with Crippen LogP contribution < -0.4 is 10.6 Å². The number of aromatic nitrogens is 4. The number of imidazole rings is 2. The number of carbonyl (C=O) groups excluding carboxylic acids is 6. The standard InChI is InChI=1S/C48H66N8O8/c1-7-9-25-55(45(59)41-39(49-31-51-41)43(57)53-37(33(3)4)47(61)63-29-35-21-15-13-16-22-35)27-19-11-12-20-28-56(26-10-8-2)46(60)42-40(50-32-52-42)44(58)54-38(34(5)6)48(62)64-30-36-23-17-14-18-24-36/h13-18,21-24,31-34,37-38H,7-12,19-20,25-30H2,1-6H3,(H,49,51)(H,50,52)(H,53,57)(H,54,58). The van der Waals surface area contributed by atoms with E-state index in [4.69, 9.17) is 9.47 Å². The molecule has 346 valence electrons. The van der Waals surface area contributed by atoms with Crippen LogP contribution in [0.4, 0.5) is 0 Å². The second-order valence-electron chi connectivity index (χ2n) is 16.5. The molecule has 0 saturated heterocycles. The van der Waals surface area contributed by atoms with E-state index in [0.717, 1.165) is 49.7 Å². The average Bonchev–Trinajstić information content (AvgIpc) is 4.00. The third kappa shape index (κ3) is 15.2. The third-order valence-corrected chi connectivity index (χ3v) is 10.7. The highest BCUT2D eigenvalue weighted by atomic mass is 16.5. The Labute approximate surface area is 376 Å². The van der Waals surface area contributed by atoms with Crippen molar-refractivity contribution in [3.8, 4) is 0 Å². The monoisotopic (exact) mass is 883 g/mol. The van der Waals surface area contributed by atoms with Crippen LogP contribution in [0.2, 0.25) is 0 Å². The van der Waals surface area contributed by atoms with Gasteiger partial charge >= 0.3 is 11.9 Å². The van der Waals surface area contributed by atoms with Gasteiger partial charge in [-0.25, -0.2) is 19.6 Å². The first kappa shape index (κ1) is 50.3. The van der Waals surface area contributed by atoms with Crippen molar-refractivity contribution in [2.24, 2.45) is 11.8 Å². The van der Waals surface area contributed by atoms with E-state index in [-0.39, 0.29) is 59.6 Å². The molecule has 4 aromatic rings. The number of ether oxygens (including phenoxy) is 2. The van der Waals surface area contributed by atoms with E-state index in [1.807, 2.05) is 74.5 Å². The summed E-state index contributed by atoms with van der Waals surface area (Å²) in [6, 6.07) is 16.6. The van der Waals surface area contributed by atoms with Crippen molar-refractivity contribution in [3.05, 3.63) is 107 Å². The fourth-order valence-corrected chi connectivity index (χ4v) is 6.91. The molecule has 2 atom stereocenters. The zero-order valence-corrected chi connectivity index (χ0v) is 38.2. The van der Waals surface area contributed by atoms with E-state index >= 15 is 0 Å². The minimum absolute atomic E-state index is 0.0495. The Morgan fingerprint density at radius 1 is 0.547 bits per heavy atom. The van der Waals surface area contributed by atoms with Gasteiger partial charge in [-0.05, 0) is 48.6 Å². The maximum Gasteiger partial charge on any atom is 0.329 e. The Balaban J connectivity index is 1.31. The normalized spacial score (nSPS) is 12.1. The predicted octanol–water partition coefficient (Wildman–Crippen LogP) is 6.87. The zero-order valence-electron chi connectivity index (χ0n) is 38.2. The number of carbonyl (C=O) groups is 6. The lowest BCUT2D eigenvalue weighted by Crippen LogP contribution is -2.46. The molecule has 2 aromatic heterocycles. The van der Waals surface area contributed by atoms with Crippen LogP contribution in [0, 0.1) is 11.8 Å². The van der Waals surface area contributed by atoms with E-state index < -0.39 is 35.8 Å². The summed E-state index contributed by atoms with van der Waals surface area (Å²) in [6.07, 6.45) is 8.79. The second-order valence-corrected chi connectivity index (χ2v) is 16.5. The summed E-state index contributed by atoms with van der Waals surface area (Å²) in [6.45, 7) is 13.3. The number of amides is 4. The summed E-state index contributed by atoms with van der Waals surface area (Å²) in [7, 11) is 0. The van der Waals surface area contributed by atoms with Gasteiger partial charge < -0.3 is 39.9 Å². The maximum absolute atomic E-state index is 13.9. The molecule has 0 radical (unpaired) electrons. The minimum atomic E-state index is -0.952. The van der Waals surface area contributed by atoms with Gasteiger partial charge in [-0.15, -0.1) is 0 Å². The zero-order chi connectivity index (χ0) is 46.4. The quantitative estimate of drug-likeness (QED) is 0.0361. The third-order valence-electron chi connectivity index (χ3n) is 10.7. The molecule has 64 heavy (non-hydrogen) atoms. The highest BCUT2D eigenvalue weighted by molar-refractivity contribution is 6.06. The smallest absolute Gasteiger partial charge is 0.329 e. The number of H-pyrrole nitrogens is 2. The van der Waals surface area contributed by atoms with Crippen molar-refractivity contribution in [1.82, 2.24) is 40.4 Å². The molecule has 0 aliphatic rings. The van der Waals surface area contributed by atoms with Gasteiger partial charge in [0.1, 0.15) is 36.7 Å². The minimum Gasteiger partial charge on any atom is -0.459 e. The molecule has 0 aliphatic heterocycles. The molecule has 4 rings (SSSR count). The summed E-state index contributed by atoms with van der Waals surface area (Å²) in [5.74, 6) is -3.76. The van der Waals surface area contributed by atoms with E-state index in [0.29, 0.717) is 39.0 Å². The predicted molar refractivity (Wildman–Crippen MR) is 242 cm³/mol. The molecule has 4 amide bonds. The largest absolute Gasteiger partial charge is 0.459 e. The Bertz CT molecular complexity index is 1940. The summed E-state index contributed by atoms with van der Waals surface area (Å²) in [5.41, 5.74) is 1.55. The Morgan fingerprint density at radius 2 is 0.906 bits per heavy atom. The Kier molecular flexibility index (Phi) is 20.7. The van der Waals surface area contributed by atoms with Gasteiger partial charge in [0, 0.05) is 26.2 Å².